The molecule has 0 unspecified atom stereocenters. The highest BCUT2D eigenvalue weighted by Crippen LogP contribution is 2.40. The van der Waals surface area contributed by atoms with Gasteiger partial charge in [-0.25, -0.2) is 18.5 Å². The van der Waals surface area contributed by atoms with Crippen molar-refractivity contribution in [1.29, 1.82) is 0 Å². The molecule has 2 aromatic heterocycles. The Hall–Kier alpha value is -2.00. The van der Waals surface area contributed by atoms with Crippen LogP contribution in [0.1, 0.15) is 46.9 Å². The number of hydrogen-bond acceptors (Lipinski definition) is 6. The van der Waals surface area contributed by atoms with Crippen LogP contribution in [0.5, 0.6) is 0 Å². The minimum atomic E-state index is -3.54. The SMILES string of the molecule is Cc1noc2nc(C3CC3)cc(C(=O)N3CC[C@@H](CS(N)(=O)=O)C3)c12. The van der Waals surface area contributed by atoms with E-state index in [0.29, 0.717) is 47.8 Å². The molecule has 0 bridgehead atoms. The second kappa shape index (κ2) is 5.77. The highest BCUT2D eigenvalue weighted by atomic mass is 32.2. The quantitative estimate of drug-likeness (QED) is 0.869. The lowest BCUT2D eigenvalue weighted by atomic mass is 10.1. The van der Waals surface area contributed by atoms with E-state index in [1.54, 1.807) is 11.8 Å². The maximum Gasteiger partial charge on any atom is 0.259 e. The van der Waals surface area contributed by atoms with Gasteiger partial charge in [0.25, 0.3) is 11.6 Å². The molecule has 8 nitrogen and oxygen atoms in total. The second-order valence-corrected chi connectivity index (χ2v) is 8.71. The molecule has 2 aromatic rings. The van der Waals surface area contributed by atoms with E-state index in [1.165, 1.54) is 0 Å². The average Bonchev–Trinajstić information content (AvgIpc) is 3.19. The predicted octanol–water partition coefficient (Wildman–Crippen LogP) is 1.16. The van der Waals surface area contributed by atoms with Crippen molar-refractivity contribution in [2.75, 3.05) is 18.8 Å². The van der Waals surface area contributed by atoms with Crippen molar-refractivity contribution in [3.05, 3.63) is 23.0 Å². The van der Waals surface area contributed by atoms with Crippen LogP contribution < -0.4 is 5.14 Å². The number of nitrogens with zero attached hydrogens (tertiary/aromatic N) is 3. The lowest BCUT2D eigenvalue weighted by Gasteiger charge is -2.17. The number of sulfonamides is 1. The summed E-state index contributed by atoms with van der Waals surface area (Å²) in [5.74, 6) is 0.0395. The van der Waals surface area contributed by atoms with Gasteiger partial charge in [-0.2, -0.15) is 0 Å². The Balaban J connectivity index is 1.65. The molecule has 134 valence electrons. The predicted molar refractivity (Wildman–Crippen MR) is 90.5 cm³/mol. The highest BCUT2D eigenvalue weighted by Gasteiger charge is 2.33. The Bertz CT molecular complexity index is 948. The topological polar surface area (TPSA) is 119 Å². The van der Waals surface area contributed by atoms with Crippen LogP contribution in [-0.2, 0) is 10.0 Å². The van der Waals surface area contributed by atoms with Crippen LogP contribution in [0, 0.1) is 12.8 Å². The minimum Gasteiger partial charge on any atom is -0.338 e. The van der Waals surface area contributed by atoms with Crippen LogP contribution in [0.4, 0.5) is 0 Å². The van der Waals surface area contributed by atoms with E-state index < -0.39 is 10.0 Å². The lowest BCUT2D eigenvalue weighted by Crippen LogP contribution is -2.31. The molecule has 1 saturated carbocycles. The number of carbonyl (C=O) groups is 1. The molecule has 9 heteroatoms. The molecule has 1 saturated heterocycles. The maximum atomic E-state index is 13.1. The third kappa shape index (κ3) is 3.25. The van der Waals surface area contributed by atoms with Gasteiger partial charge in [0.05, 0.1) is 22.4 Å². The van der Waals surface area contributed by atoms with E-state index in [1.807, 2.05) is 6.07 Å². The maximum absolute atomic E-state index is 13.1. The van der Waals surface area contributed by atoms with Crippen molar-refractivity contribution in [1.82, 2.24) is 15.0 Å². The molecule has 1 aliphatic carbocycles. The summed E-state index contributed by atoms with van der Waals surface area (Å²) in [5, 5.41) is 9.72. The first-order chi connectivity index (χ1) is 11.8. The van der Waals surface area contributed by atoms with Gasteiger partial charge in [0.2, 0.25) is 10.0 Å². The third-order valence-corrected chi connectivity index (χ3v) is 5.84. The summed E-state index contributed by atoms with van der Waals surface area (Å²) in [6.07, 6.45) is 2.77. The molecule has 0 aromatic carbocycles. The van der Waals surface area contributed by atoms with E-state index >= 15 is 0 Å². The van der Waals surface area contributed by atoms with Crippen molar-refractivity contribution in [2.24, 2.45) is 11.1 Å². The number of hydrogen-bond donors (Lipinski definition) is 1. The number of fused-ring (bicyclic) bond motifs is 1. The molecular formula is C16H20N4O4S. The van der Waals surface area contributed by atoms with E-state index in [4.69, 9.17) is 9.66 Å². The van der Waals surface area contributed by atoms with Crippen LogP contribution >= 0.6 is 0 Å². The van der Waals surface area contributed by atoms with Gasteiger partial charge in [-0.3, -0.25) is 4.79 Å². The normalized spacial score (nSPS) is 21.2. The molecule has 0 radical (unpaired) electrons. The summed E-state index contributed by atoms with van der Waals surface area (Å²) in [4.78, 5) is 19.2. The summed E-state index contributed by atoms with van der Waals surface area (Å²) in [7, 11) is -3.54. The van der Waals surface area contributed by atoms with Gasteiger partial charge in [-0.1, -0.05) is 5.16 Å². The molecule has 2 aliphatic rings. The van der Waals surface area contributed by atoms with Crippen molar-refractivity contribution in [3.63, 3.8) is 0 Å². The Labute approximate surface area is 145 Å². The zero-order valence-electron chi connectivity index (χ0n) is 13.9. The number of likely N-dealkylation sites (tertiary alicyclic amines) is 1. The first kappa shape index (κ1) is 16.5. The second-order valence-electron chi connectivity index (χ2n) is 7.05. The van der Waals surface area contributed by atoms with Crippen LogP contribution in [0.3, 0.4) is 0 Å². The van der Waals surface area contributed by atoms with Gasteiger partial charge in [0, 0.05) is 24.7 Å². The zero-order chi connectivity index (χ0) is 17.8. The number of rotatable bonds is 4. The van der Waals surface area contributed by atoms with Crippen LogP contribution in [-0.4, -0.2) is 48.2 Å². The van der Waals surface area contributed by atoms with Crippen LogP contribution in [0.2, 0.25) is 0 Å². The van der Waals surface area contributed by atoms with E-state index in [0.717, 1.165) is 18.5 Å². The van der Waals surface area contributed by atoms with Crippen molar-refractivity contribution >= 4 is 27.0 Å². The number of carbonyl (C=O) groups excluding carboxylic acids is 1. The van der Waals surface area contributed by atoms with Gasteiger partial charge in [0.15, 0.2) is 0 Å². The molecule has 25 heavy (non-hydrogen) atoms. The van der Waals surface area contributed by atoms with Crippen LogP contribution in [0.15, 0.2) is 10.6 Å². The van der Waals surface area contributed by atoms with Crippen LogP contribution in [0.25, 0.3) is 11.1 Å². The zero-order valence-corrected chi connectivity index (χ0v) is 14.8. The molecule has 3 heterocycles. The number of aromatic nitrogens is 2. The largest absolute Gasteiger partial charge is 0.338 e. The van der Waals surface area contributed by atoms with Gasteiger partial charge < -0.3 is 9.42 Å². The number of amides is 1. The van der Waals surface area contributed by atoms with Gasteiger partial charge >= 0.3 is 0 Å². The van der Waals surface area contributed by atoms with E-state index in [-0.39, 0.29) is 17.6 Å². The van der Waals surface area contributed by atoms with Crippen molar-refractivity contribution in [2.45, 2.75) is 32.1 Å². The highest BCUT2D eigenvalue weighted by molar-refractivity contribution is 7.89. The summed E-state index contributed by atoms with van der Waals surface area (Å²) < 4.78 is 27.9. The Morgan fingerprint density at radius 1 is 1.40 bits per heavy atom. The molecule has 2 N–H and O–H groups in total. The van der Waals surface area contributed by atoms with Gasteiger partial charge in [-0.15, -0.1) is 0 Å². The third-order valence-electron chi connectivity index (χ3n) is 4.90. The molecule has 2 fully saturated rings. The van der Waals surface area contributed by atoms with E-state index in [2.05, 4.69) is 10.1 Å². The molecule has 4 rings (SSSR count). The molecule has 1 amide bonds. The molecule has 0 spiro atoms. The Kier molecular flexibility index (Phi) is 3.80. The van der Waals surface area contributed by atoms with E-state index in [9.17, 15) is 13.2 Å². The van der Waals surface area contributed by atoms with Crippen molar-refractivity contribution < 1.29 is 17.7 Å². The lowest BCUT2D eigenvalue weighted by molar-refractivity contribution is 0.0790. The van der Waals surface area contributed by atoms with Gasteiger partial charge in [0.1, 0.15) is 0 Å². The smallest absolute Gasteiger partial charge is 0.259 e. The fraction of sp³-hybridized carbons (Fsp3) is 0.562. The summed E-state index contributed by atoms with van der Waals surface area (Å²) >= 11 is 0. The summed E-state index contributed by atoms with van der Waals surface area (Å²) in [6, 6.07) is 1.85. The summed E-state index contributed by atoms with van der Waals surface area (Å²) in [6.45, 7) is 2.70. The van der Waals surface area contributed by atoms with Crippen molar-refractivity contribution in [3.8, 4) is 0 Å². The molecule has 1 atom stereocenters. The number of aryl methyl sites for hydroxylation is 1. The Morgan fingerprint density at radius 2 is 2.16 bits per heavy atom. The number of primary sulfonamides is 1. The number of nitrogens with two attached hydrogens (primary N) is 1. The fourth-order valence-electron chi connectivity index (χ4n) is 3.52. The Morgan fingerprint density at radius 3 is 2.84 bits per heavy atom. The van der Waals surface area contributed by atoms with Gasteiger partial charge in [-0.05, 0) is 38.2 Å². The standard InChI is InChI=1S/C16H20N4O4S/c1-9-14-12(6-13(11-2-3-11)18-15(14)24-19-9)16(21)20-5-4-10(7-20)8-25(17,22)23/h6,10-11H,2-5,7-8H2,1H3,(H2,17,22,23)/t10-/m1/s1. The monoisotopic (exact) mass is 364 g/mol. The fourth-order valence-corrected chi connectivity index (χ4v) is 4.45. The first-order valence-electron chi connectivity index (χ1n) is 8.38. The average molecular weight is 364 g/mol. The summed E-state index contributed by atoms with van der Waals surface area (Å²) in [5.41, 5.74) is 2.44. The first-order valence-corrected chi connectivity index (χ1v) is 10.1. The number of pyridine rings is 1. The molecular weight excluding hydrogens is 344 g/mol. The molecule has 1 aliphatic heterocycles. The minimum absolute atomic E-state index is 0.0951.